The van der Waals surface area contributed by atoms with Crippen LogP contribution >= 0.6 is 0 Å². The van der Waals surface area contributed by atoms with Gasteiger partial charge in [-0.15, -0.1) is 0 Å². The minimum atomic E-state index is -0.0729. The first kappa shape index (κ1) is 17.5. The fourth-order valence-electron chi connectivity index (χ4n) is 2.19. The largest absolute Gasteiger partial charge is 0.497 e. The summed E-state index contributed by atoms with van der Waals surface area (Å²) in [7, 11) is 4.77. The highest BCUT2D eigenvalue weighted by molar-refractivity contribution is 5.91. The molecule has 2 N–H and O–H groups in total. The van der Waals surface area contributed by atoms with Gasteiger partial charge in [-0.3, -0.25) is 4.79 Å². The molecule has 0 radical (unpaired) electrons. The van der Waals surface area contributed by atoms with Gasteiger partial charge in [0.25, 0.3) is 0 Å². The molecule has 0 aliphatic rings. The highest BCUT2D eigenvalue weighted by Crippen LogP contribution is 2.29. The Morgan fingerprint density at radius 3 is 2.42 bits per heavy atom. The number of hydrogen-bond acceptors (Lipinski definition) is 5. The number of anilines is 2. The van der Waals surface area contributed by atoms with E-state index in [-0.39, 0.29) is 5.91 Å². The minimum absolute atomic E-state index is 0.0729. The molecular weight excluding hydrogens is 308 g/mol. The summed E-state index contributed by atoms with van der Waals surface area (Å²) in [6.07, 6.45) is 0.339. The molecule has 0 aromatic heterocycles. The standard InChI is InChI=1S/C18H22N2O4/c1-22-15-6-4-5-14(11-15)20-18(21)9-10-19-13-7-8-16(23-2)17(12-13)24-3/h4-8,11-12,19H,9-10H2,1-3H3,(H,20,21). The molecule has 1 amide bonds. The van der Waals surface area contributed by atoms with Crippen molar-refractivity contribution >= 4 is 17.3 Å². The van der Waals surface area contributed by atoms with Crippen molar-refractivity contribution in [1.82, 2.24) is 0 Å². The Morgan fingerprint density at radius 1 is 0.917 bits per heavy atom. The van der Waals surface area contributed by atoms with Gasteiger partial charge in [0.1, 0.15) is 5.75 Å². The van der Waals surface area contributed by atoms with Crippen molar-refractivity contribution in [1.29, 1.82) is 0 Å². The molecule has 0 fully saturated rings. The van der Waals surface area contributed by atoms with E-state index in [1.807, 2.05) is 36.4 Å². The smallest absolute Gasteiger partial charge is 0.226 e. The van der Waals surface area contributed by atoms with Crippen LogP contribution in [0.2, 0.25) is 0 Å². The molecule has 24 heavy (non-hydrogen) atoms. The third kappa shape index (κ3) is 4.81. The zero-order valence-corrected chi connectivity index (χ0v) is 14.1. The zero-order chi connectivity index (χ0) is 17.4. The van der Waals surface area contributed by atoms with Crippen molar-refractivity contribution in [3.05, 3.63) is 42.5 Å². The van der Waals surface area contributed by atoms with Crippen molar-refractivity contribution < 1.29 is 19.0 Å². The van der Waals surface area contributed by atoms with Crippen molar-refractivity contribution in [2.75, 3.05) is 38.5 Å². The quantitative estimate of drug-likeness (QED) is 0.778. The van der Waals surface area contributed by atoms with E-state index in [1.54, 1.807) is 27.4 Å². The van der Waals surface area contributed by atoms with Gasteiger partial charge in [0.15, 0.2) is 11.5 Å². The van der Waals surface area contributed by atoms with Crippen LogP contribution in [0, 0.1) is 0 Å². The lowest BCUT2D eigenvalue weighted by molar-refractivity contribution is -0.115. The highest BCUT2D eigenvalue weighted by atomic mass is 16.5. The van der Waals surface area contributed by atoms with Crippen molar-refractivity contribution in [2.24, 2.45) is 0 Å². The molecule has 6 nitrogen and oxygen atoms in total. The lowest BCUT2D eigenvalue weighted by atomic mass is 10.2. The van der Waals surface area contributed by atoms with Gasteiger partial charge in [-0.1, -0.05) is 6.07 Å². The number of benzene rings is 2. The first-order chi connectivity index (χ1) is 11.7. The summed E-state index contributed by atoms with van der Waals surface area (Å²) < 4.78 is 15.6. The Labute approximate surface area is 141 Å². The van der Waals surface area contributed by atoms with Crippen molar-refractivity contribution in [3.8, 4) is 17.2 Å². The summed E-state index contributed by atoms with van der Waals surface area (Å²) in [6.45, 7) is 0.505. The molecule has 0 saturated carbocycles. The summed E-state index contributed by atoms with van der Waals surface area (Å²) >= 11 is 0. The van der Waals surface area contributed by atoms with E-state index in [0.717, 1.165) is 5.69 Å². The van der Waals surface area contributed by atoms with Crippen molar-refractivity contribution in [2.45, 2.75) is 6.42 Å². The van der Waals surface area contributed by atoms with Crippen molar-refractivity contribution in [3.63, 3.8) is 0 Å². The van der Waals surface area contributed by atoms with E-state index in [2.05, 4.69) is 10.6 Å². The third-order valence-electron chi connectivity index (χ3n) is 3.42. The third-order valence-corrected chi connectivity index (χ3v) is 3.42. The Bertz CT molecular complexity index is 688. The SMILES string of the molecule is COc1cccc(NC(=O)CCNc2ccc(OC)c(OC)c2)c1. The fraction of sp³-hybridized carbons (Fsp3) is 0.278. The predicted molar refractivity (Wildman–Crippen MR) is 94.3 cm³/mol. The molecule has 2 aromatic rings. The number of carbonyl (C=O) groups is 1. The minimum Gasteiger partial charge on any atom is -0.497 e. The molecule has 0 unspecified atom stereocenters. The fourth-order valence-corrected chi connectivity index (χ4v) is 2.19. The molecule has 0 spiro atoms. The number of nitrogens with one attached hydrogen (secondary N) is 2. The summed E-state index contributed by atoms with van der Waals surface area (Å²) in [5, 5.41) is 6.03. The van der Waals surface area contributed by atoms with Gasteiger partial charge in [0.05, 0.1) is 21.3 Å². The number of hydrogen-bond donors (Lipinski definition) is 2. The van der Waals surface area contributed by atoms with E-state index < -0.39 is 0 Å². The molecule has 128 valence electrons. The Balaban J connectivity index is 1.84. The number of amides is 1. The first-order valence-electron chi connectivity index (χ1n) is 7.56. The first-order valence-corrected chi connectivity index (χ1v) is 7.56. The average Bonchev–Trinajstić information content (AvgIpc) is 2.61. The number of carbonyl (C=O) groups excluding carboxylic acids is 1. The second kappa shape index (κ2) is 8.67. The van der Waals surface area contributed by atoms with Crippen LogP contribution in [-0.2, 0) is 4.79 Å². The van der Waals surface area contributed by atoms with Gasteiger partial charge in [-0.2, -0.15) is 0 Å². The van der Waals surface area contributed by atoms with E-state index in [9.17, 15) is 4.79 Å². The lowest BCUT2D eigenvalue weighted by Gasteiger charge is -2.11. The monoisotopic (exact) mass is 330 g/mol. The van der Waals surface area contributed by atoms with Crippen LogP contribution in [0.4, 0.5) is 11.4 Å². The van der Waals surface area contributed by atoms with Gasteiger partial charge in [0, 0.05) is 36.5 Å². The molecule has 0 atom stereocenters. The molecule has 2 aromatic carbocycles. The van der Waals surface area contributed by atoms with Gasteiger partial charge in [0.2, 0.25) is 5.91 Å². The van der Waals surface area contributed by atoms with E-state index in [4.69, 9.17) is 14.2 Å². The summed E-state index contributed by atoms with van der Waals surface area (Å²) in [5.41, 5.74) is 1.58. The topological polar surface area (TPSA) is 68.8 Å². The number of ether oxygens (including phenoxy) is 3. The molecule has 2 rings (SSSR count). The summed E-state index contributed by atoms with van der Waals surface area (Å²) in [5.74, 6) is 1.94. The lowest BCUT2D eigenvalue weighted by Crippen LogP contribution is -2.16. The average molecular weight is 330 g/mol. The van der Waals surface area contributed by atoms with Gasteiger partial charge < -0.3 is 24.8 Å². The molecule has 0 aliphatic carbocycles. The zero-order valence-electron chi connectivity index (χ0n) is 14.1. The van der Waals surface area contributed by atoms with Crippen LogP contribution in [0.25, 0.3) is 0 Å². The Morgan fingerprint density at radius 2 is 1.71 bits per heavy atom. The van der Waals surface area contributed by atoms with Gasteiger partial charge in [-0.05, 0) is 24.3 Å². The van der Waals surface area contributed by atoms with E-state index in [1.165, 1.54) is 0 Å². The molecule has 0 saturated heterocycles. The summed E-state index contributed by atoms with van der Waals surface area (Å²) in [6, 6.07) is 12.8. The maximum absolute atomic E-state index is 12.0. The number of rotatable bonds is 8. The van der Waals surface area contributed by atoms with Crippen LogP contribution in [0.15, 0.2) is 42.5 Å². The molecule has 6 heteroatoms. The number of methoxy groups -OCH3 is 3. The predicted octanol–water partition coefficient (Wildman–Crippen LogP) is 3.15. The highest BCUT2D eigenvalue weighted by Gasteiger charge is 2.06. The van der Waals surface area contributed by atoms with Gasteiger partial charge >= 0.3 is 0 Å². The van der Waals surface area contributed by atoms with E-state index in [0.29, 0.717) is 35.9 Å². The maximum Gasteiger partial charge on any atom is 0.226 e. The van der Waals surface area contributed by atoms with Crippen LogP contribution < -0.4 is 24.8 Å². The normalized spacial score (nSPS) is 9.96. The summed E-state index contributed by atoms with van der Waals surface area (Å²) in [4.78, 5) is 12.0. The second-order valence-electron chi connectivity index (χ2n) is 5.03. The molecule has 0 bridgehead atoms. The maximum atomic E-state index is 12.0. The Hall–Kier alpha value is -2.89. The van der Waals surface area contributed by atoms with Gasteiger partial charge in [-0.25, -0.2) is 0 Å². The van der Waals surface area contributed by atoms with Crippen LogP contribution in [0.3, 0.4) is 0 Å². The van der Waals surface area contributed by atoms with Crippen LogP contribution in [0.1, 0.15) is 6.42 Å². The molecular formula is C18H22N2O4. The van der Waals surface area contributed by atoms with Crippen LogP contribution in [-0.4, -0.2) is 33.8 Å². The second-order valence-corrected chi connectivity index (χ2v) is 5.03. The van der Waals surface area contributed by atoms with E-state index >= 15 is 0 Å². The molecule has 0 aliphatic heterocycles. The Kier molecular flexibility index (Phi) is 6.31. The van der Waals surface area contributed by atoms with Crippen LogP contribution in [0.5, 0.6) is 17.2 Å². The molecule has 0 heterocycles.